The molecule has 0 bridgehead atoms. The van der Waals surface area contributed by atoms with Crippen LogP contribution in [-0.2, 0) is 9.31 Å². The molecule has 0 saturated carbocycles. The predicted octanol–water partition coefficient (Wildman–Crippen LogP) is 2.02. The molecule has 1 aromatic heterocycles. The van der Waals surface area contributed by atoms with E-state index >= 15 is 0 Å². The van der Waals surface area contributed by atoms with Crippen molar-refractivity contribution in [1.29, 1.82) is 0 Å². The summed E-state index contributed by atoms with van der Waals surface area (Å²) in [6, 6.07) is 5.34. The van der Waals surface area contributed by atoms with E-state index in [-0.39, 0.29) is 11.4 Å². The number of nitro groups is 1. The molecule has 8 heteroatoms. The third kappa shape index (κ3) is 2.44. The summed E-state index contributed by atoms with van der Waals surface area (Å²) in [4.78, 5) is 14.6. The van der Waals surface area contributed by atoms with E-state index in [1.54, 1.807) is 12.1 Å². The van der Waals surface area contributed by atoms with Gasteiger partial charge in [-0.1, -0.05) is 12.1 Å². The normalized spacial score (nSPS) is 19.2. The number of pyridine rings is 1. The summed E-state index contributed by atoms with van der Waals surface area (Å²) in [5.41, 5.74) is 6.25. The van der Waals surface area contributed by atoms with Gasteiger partial charge in [0.15, 0.2) is 0 Å². The molecule has 120 valence electrons. The number of hydrogen-bond acceptors (Lipinski definition) is 6. The van der Waals surface area contributed by atoms with Gasteiger partial charge < -0.3 is 15.0 Å². The number of nitrogen functional groups attached to an aromatic ring is 1. The largest absolute Gasteiger partial charge is 0.494 e. The Bertz CT molecular complexity index is 791. The molecule has 3 rings (SSSR count). The highest BCUT2D eigenvalue weighted by Gasteiger charge is 2.51. The summed E-state index contributed by atoms with van der Waals surface area (Å²) in [5, 5.41) is 11.5. The third-order valence-corrected chi connectivity index (χ3v) is 4.63. The predicted molar refractivity (Wildman–Crippen MR) is 88.5 cm³/mol. The summed E-state index contributed by atoms with van der Waals surface area (Å²) in [7, 11) is -0.553. The van der Waals surface area contributed by atoms with Crippen molar-refractivity contribution in [3.8, 4) is 0 Å². The fourth-order valence-electron chi connectivity index (χ4n) is 2.49. The second kappa shape index (κ2) is 4.91. The van der Waals surface area contributed by atoms with Gasteiger partial charge >= 0.3 is 12.8 Å². The molecule has 0 radical (unpaired) electrons. The second-order valence-electron chi connectivity index (χ2n) is 6.68. The smallest absolute Gasteiger partial charge is 0.399 e. The Kier molecular flexibility index (Phi) is 3.35. The first kappa shape index (κ1) is 15.7. The number of hydrogen-bond donors (Lipinski definition) is 1. The Labute approximate surface area is 134 Å². The van der Waals surface area contributed by atoms with Gasteiger partial charge in [-0.2, -0.15) is 0 Å². The zero-order valence-corrected chi connectivity index (χ0v) is 13.5. The molecule has 1 aromatic carbocycles. The molecule has 1 aliphatic rings. The minimum absolute atomic E-state index is 0.0957. The van der Waals surface area contributed by atoms with E-state index in [0.717, 1.165) is 5.46 Å². The molecule has 23 heavy (non-hydrogen) atoms. The average Bonchev–Trinajstić information content (AvgIpc) is 2.67. The van der Waals surface area contributed by atoms with Crippen LogP contribution in [0.2, 0.25) is 0 Å². The maximum atomic E-state index is 11.0. The highest BCUT2D eigenvalue weighted by atomic mass is 16.7. The number of nitrogens with zero attached hydrogens (tertiary/aromatic N) is 2. The van der Waals surface area contributed by atoms with Crippen molar-refractivity contribution in [2.24, 2.45) is 0 Å². The van der Waals surface area contributed by atoms with Crippen LogP contribution in [-0.4, -0.2) is 28.2 Å². The van der Waals surface area contributed by atoms with Crippen LogP contribution in [0.3, 0.4) is 0 Å². The van der Waals surface area contributed by atoms with Crippen molar-refractivity contribution in [1.82, 2.24) is 4.98 Å². The van der Waals surface area contributed by atoms with E-state index < -0.39 is 23.2 Å². The van der Waals surface area contributed by atoms with Crippen LogP contribution in [0.5, 0.6) is 0 Å². The van der Waals surface area contributed by atoms with Gasteiger partial charge in [-0.05, 0) is 39.2 Å². The molecule has 7 nitrogen and oxygen atoms in total. The summed E-state index contributed by atoms with van der Waals surface area (Å²) in [6.45, 7) is 7.87. The summed E-state index contributed by atoms with van der Waals surface area (Å²) < 4.78 is 12.0. The highest BCUT2D eigenvalue weighted by molar-refractivity contribution is 6.62. The van der Waals surface area contributed by atoms with Crippen LogP contribution in [0.15, 0.2) is 24.4 Å². The maximum Gasteiger partial charge on any atom is 0.494 e. The van der Waals surface area contributed by atoms with Crippen LogP contribution >= 0.6 is 0 Å². The van der Waals surface area contributed by atoms with E-state index in [4.69, 9.17) is 15.0 Å². The SMILES string of the molecule is CC1(C)OB(c2ccc3ncc([N+](=O)[O-])c(N)c3c2)OC1(C)C. The molecule has 2 heterocycles. The van der Waals surface area contributed by atoms with Crippen molar-refractivity contribution in [2.45, 2.75) is 38.9 Å². The molecule has 1 aliphatic heterocycles. The quantitative estimate of drug-likeness (QED) is 0.517. The van der Waals surface area contributed by atoms with Crippen molar-refractivity contribution < 1.29 is 14.2 Å². The van der Waals surface area contributed by atoms with E-state index in [1.807, 2.05) is 33.8 Å². The molecule has 2 N–H and O–H groups in total. The molecule has 1 fully saturated rings. The van der Waals surface area contributed by atoms with E-state index in [9.17, 15) is 10.1 Å². The first-order chi connectivity index (χ1) is 10.6. The second-order valence-corrected chi connectivity index (χ2v) is 6.68. The molecular weight excluding hydrogens is 297 g/mol. The van der Waals surface area contributed by atoms with Gasteiger partial charge in [0.1, 0.15) is 11.9 Å². The van der Waals surface area contributed by atoms with Gasteiger partial charge in [0.2, 0.25) is 0 Å². The average molecular weight is 315 g/mol. The Hall–Kier alpha value is -2.19. The van der Waals surface area contributed by atoms with Crippen molar-refractivity contribution in [3.63, 3.8) is 0 Å². The third-order valence-electron chi connectivity index (χ3n) is 4.63. The van der Waals surface area contributed by atoms with Crippen LogP contribution < -0.4 is 11.2 Å². The monoisotopic (exact) mass is 315 g/mol. The van der Waals surface area contributed by atoms with Gasteiger partial charge in [-0.15, -0.1) is 0 Å². The Morgan fingerprint density at radius 1 is 1.22 bits per heavy atom. The first-order valence-corrected chi connectivity index (χ1v) is 7.30. The minimum atomic E-state index is -0.553. The van der Waals surface area contributed by atoms with Gasteiger partial charge in [0.25, 0.3) is 0 Å². The fraction of sp³-hybridized carbons (Fsp3) is 0.400. The van der Waals surface area contributed by atoms with Crippen LogP contribution in [0, 0.1) is 10.1 Å². The molecule has 0 unspecified atom stereocenters. The summed E-state index contributed by atoms with van der Waals surface area (Å²) >= 11 is 0. The minimum Gasteiger partial charge on any atom is -0.399 e. The number of rotatable bonds is 2. The van der Waals surface area contributed by atoms with Crippen molar-refractivity contribution in [3.05, 3.63) is 34.5 Å². The molecular formula is C15H18BN3O4. The van der Waals surface area contributed by atoms with Gasteiger partial charge in [-0.3, -0.25) is 10.1 Å². The number of aromatic nitrogens is 1. The molecule has 0 spiro atoms. The first-order valence-electron chi connectivity index (χ1n) is 7.30. The van der Waals surface area contributed by atoms with Crippen LogP contribution in [0.25, 0.3) is 10.9 Å². The fourth-order valence-corrected chi connectivity index (χ4v) is 2.49. The lowest BCUT2D eigenvalue weighted by Gasteiger charge is -2.32. The van der Waals surface area contributed by atoms with Crippen LogP contribution in [0.4, 0.5) is 11.4 Å². The Balaban J connectivity index is 2.07. The van der Waals surface area contributed by atoms with Gasteiger partial charge in [-0.25, -0.2) is 4.98 Å². The molecule has 0 atom stereocenters. The number of nitrogens with two attached hydrogens (primary N) is 1. The number of anilines is 1. The van der Waals surface area contributed by atoms with Gasteiger partial charge in [0.05, 0.1) is 21.6 Å². The zero-order valence-electron chi connectivity index (χ0n) is 13.5. The van der Waals surface area contributed by atoms with E-state index in [1.165, 1.54) is 6.20 Å². The van der Waals surface area contributed by atoms with Crippen molar-refractivity contribution in [2.75, 3.05) is 5.73 Å². The lowest BCUT2D eigenvalue weighted by molar-refractivity contribution is -0.384. The van der Waals surface area contributed by atoms with Crippen molar-refractivity contribution >= 4 is 34.9 Å². The van der Waals surface area contributed by atoms with E-state index in [2.05, 4.69) is 4.98 Å². The molecule has 1 saturated heterocycles. The lowest BCUT2D eigenvalue weighted by atomic mass is 9.78. The topological polar surface area (TPSA) is 101 Å². The Morgan fingerprint density at radius 3 is 2.39 bits per heavy atom. The van der Waals surface area contributed by atoms with Crippen LogP contribution in [0.1, 0.15) is 27.7 Å². The molecule has 0 aliphatic carbocycles. The summed E-state index contributed by atoms with van der Waals surface area (Å²) in [6.07, 6.45) is 1.17. The highest BCUT2D eigenvalue weighted by Crippen LogP contribution is 2.37. The zero-order chi connectivity index (χ0) is 17.0. The maximum absolute atomic E-state index is 11.0. The lowest BCUT2D eigenvalue weighted by Crippen LogP contribution is -2.41. The Morgan fingerprint density at radius 2 is 1.83 bits per heavy atom. The molecule has 0 amide bonds. The number of benzene rings is 1. The van der Waals surface area contributed by atoms with Gasteiger partial charge in [0, 0.05) is 5.39 Å². The van der Waals surface area contributed by atoms with E-state index in [0.29, 0.717) is 10.9 Å². The molecule has 2 aromatic rings. The summed E-state index contributed by atoms with van der Waals surface area (Å²) in [5.74, 6) is 0. The standard InChI is InChI=1S/C15H18BN3O4/c1-14(2)15(3,4)23-16(22-14)9-5-6-11-10(7-9)13(17)12(8-18-11)19(20)21/h5-8H,1-4H3,(H2,17,18). The number of fused-ring (bicyclic) bond motifs is 1.